The summed E-state index contributed by atoms with van der Waals surface area (Å²) in [7, 11) is 0. The first-order chi connectivity index (χ1) is 7.56. The second kappa shape index (κ2) is 9.86. The summed E-state index contributed by atoms with van der Waals surface area (Å²) in [6, 6.07) is 0. The van der Waals surface area contributed by atoms with Gasteiger partial charge in [0, 0.05) is 6.42 Å². The number of ketones is 1. The second-order valence-corrected chi connectivity index (χ2v) is 5.52. The number of carbonyl (C=O) groups excluding carboxylic acids is 1. The minimum absolute atomic E-state index is 0.337. The molecule has 0 aromatic carbocycles. The first-order valence-corrected chi connectivity index (χ1v) is 7.05. The van der Waals surface area contributed by atoms with E-state index in [2.05, 4.69) is 20.8 Å². The first kappa shape index (κ1) is 15.7. The van der Waals surface area contributed by atoms with Crippen LogP contribution in [-0.2, 0) is 4.79 Å². The van der Waals surface area contributed by atoms with Gasteiger partial charge in [-0.1, -0.05) is 59.3 Å². The average Bonchev–Trinajstić information content (AvgIpc) is 2.17. The highest BCUT2D eigenvalue weighted by molar-refractivity contribution is 5.75. The van der Waals surface area contributed by atoms with Gasteiger partial charge in [0.25, 0.3) is 0 Å². The van der Waals surface area contributed by atoms with E-state index in [1.54, 1.807) is 6.92 Å². The summed E-state index contributed by atoms with van der Waals surface area (Å²) in [4.78, 5) is 10.8. The van der Waals surface area contributed by atoms with E-state index in [0.717, 1.165) is 24.7 Å². The molecule has 0 aliphatic rings. The molecule has 0 amide bonds. The van der Waals surface area contributed by atoms with Gasteiger partial charge in [0.2, 0.25) is 0 Å². The third-order valence-electron chi connectivity index (χ3n) is 3.40. The lowest BCUT2D eigenvalue weighted by Gasteiger charge is -2.13. The molecule has 0 saturated carbocycles. The zero-order valence-electron chi connectivity index (χ0n) is 11.7. The van der Waals surface area contributed by atoms with Gasteiger partial charge in [-0.25, -0.2) is 0 Å². The van der Waals surface area contributed by atoms with Gasteiger partial charge in [-0.05, 0) is 25.2 Å². The first-order valence-electron chi connectivity index (χ1n) is 7.05. The third-order valence-corrected chi connectivity index (χ3v) is 3.40. The average molecular weight is 226 g/mol. The van der Waals surface area contributed by atoms with Crippen LogP contribution in [0.25, 0.3) is 0 Å². The summed E-state index contributed by atoms with van der Waals surface area (Å²) < 4.78 is 0. The molecule has 0 N–H and O–H groups in total. The molecule has 16 heavy (non-hydrogen) atoms. The molecule has 0 saturated heterocycles. The standard InChI is InChI=1S/C15H30O/c1-5-8-13(2)9-6-10-14(3)11-7-12-15(4)16/h13-14H,5-12H2,1-4H3/t13?,14-/m1/s1. The number of rotatable bonds is 10. The molecule has 0 fully saturated rings. The van der Waals surface area contributed by atoms with Gasteiger partial charge in [0.05, 0.1) is 0 Å². The maximum atomic E-state index is 10.8. The molecular formula is C15H30O. The Balaban J connectivity index is 3.36. The summed E-state index contributed by atoms with van der Waals surface area (Å²) in [5.74, 6) is 2.03. The molecule has 0 aromatic heterocycles. The van der Waals surface area contributed by atoms with Crippen molar-refractivity contribution in [2.24, 2.45) is 11.8 Å². The van der Waals surface area contributed by atoms with Crippen molar-refractivity contribution >= 4 is 5.78 Å². The number of hydrogen-bond acceptors (Lipinski definition) is 1. The molecular weight excluding hydrogens is 196 g/mol. The highest BCUT2D eigenvalue weighted by Crippen LogP contribution is 2.19. The fourth-order valence-electron chi connectivity index (χ4n) is 2.30. The molecule has 0 radical (unpaired) electrons. The van der Waals surface area contributed by atoms with Gasteiger partial charge in [-0.15, -0.1) is 0 Å². The predicted octanol–water partition coefficient (Wildman–Crippen LogP) is 4.99. The van der Waals surface area contributed by atoms with Crippen LogP contribution in [0.3, 0.4) is 0 Å². The Morgan fingerprint density at radius 2 is 1.44 bits per heavy atom. The summed E-state index contributed by atoms with van der Waals surface area (Å²) >= 11 is 0. The largest absolute Gasteiger partial charge is 0.300 e. The maximum absolute atomic E-state index is 10.8. The maximum Gasteiger partial charge on any atom is 0.129 e. The van der Waals surface area contributed by atoms with E-state index in [4.69, 9.17) is 0 Å². The zero-order chi connectivity index (χ0) is 12.4. The molecule has 96 valence electrons. The minimum atomic E-state index is 0.337. The van der Waals surface area contributed by atoms with E-state index in [-0.39, 0.29) is 0 Å². The Morgan fingerprint density at radius 1 is 0.938 bits per heavy atom. The van der Waals surface area contributed by atoms with E-state index in [9.17, 15) is 4.79 Å². The van der Waals surface area contributed by atoms with Gasteiger partial charge in [0.15, 0.2) is 0 Å². The topological polar surface area (TPSA) is 17.1 Å². The molecule has 1 heteroatoms. The van der Waals surface area contributed by atoms with E-state index in [0.29, 0.717) is 5.78 Å². The van der Waals surface area contributed by atoms with Crippen LogP contribution in [-0.4, -0.2) is 5.78 Å². The lowest BCUT2D eigenvalue weighted by molar-refractivity contribution is -0.117. The van der Waals surface area contributed by atoms with Crippen LogP contribution in [0.15, 0.2) is 0 Å². The fraction of sp³-hybridized carbons (Fsp3) is 0.933. The number of Topliss-reactive ketones (excluding diaryl/α,β-unsaturated/α-hetero) is 1. The van der Waals surface area contributed by atoms with E-state index in [1.165, 1.54) is 38.5 Å². The Bertz CT molecular complexity index is 174. The number of carbonyl (C=O) groups is 1. The van der Waals surface area contributed by atoms with Crippen molar-refractivity contribution in [2.75, 3.05) is 0 Å². The minimum Gasteiger partial charge on any atom is -0.300 e. The van der Waals surface area contributed by atoms with Crippen molar-refractivity contribution in [3.8, 4) is 0 Å². The summed E-state index contributed by atoms with van der Waals surface area (Å²) in [6.45, 7) is 8.65. The summed E-state index contributed by atoms with van der Waals surface area (Å²) in [6.07, 6.45) is 9.85. The van der Waals surface area contributed by atoms with Gasteiger partial charge in [-0.2, -0.15) is 0 Å². The lowest BCUT2D eigenvalue weighted by atomic mass is 9.93. The SMILES string of the molecule is CCCC(C)CCC[C@@H](C)CCCC(C)=O. The Morgan fingerprint density at radius 3 is 1.94 bits per heavy atom. The van der Waals surface area contributed by atoms with Crippen molar-refractivity contribution in [1.82, 2.24) is 0 Å². The van der Waals surface area contributed by atoms with Crippen molar-refractivity contribution in [2.45, 2.75) is 79.1 Å². The molecule has 0 aliphatic carbocycles. The summed E-state index contributed by atoms with van der Waals surface area (Å²) in [5, 5.41) is 0. The second-order valence-electron chi connectivity index (χ2n) is 5.52. The van der Waals surface area contributed by atoms with Crippen LogP contribution < -0.4 is 0 Å². The Labute approximate surface area is 102 Å². The van der Waals surface area contributed by atoms with E-state index in [1.807, 2.05) is 0 Å². The predicted molar refractivity (Wildman–Crippen MR) is 71.6 cm³/mol. The molecule has 0 spiro atoms. The van der Waals surface area contributed by atoms with Crippen LogP contribution in [0.1, 0.15) is 79.1 Å². The van der Waals surface area contributed by atoms with Crippen molar-refractivity contribution < 1.29 is 4.79 Å². The highest BCUT2D eigenvalue weighted by atomic mass is 16.1. The van der Waals surface area contributed by atoms with Crippen molar-refractivity contribution in [3.63, 3.8) is 0 Å². The van der Waals surface area contributed by atoms with Gasteiger partial charge < -0.3 is 4.79 Å². The van der Waals surface area contributed by atoms with Crippen LogP contribution in [0.2, 0.25) is 0 Å². The highest BCUT2D eigenvalue weighted by Gasteiger charge is 2.05. The Hall–Kier alpha value is -0.330. The summed E-state index contributed by atoms with van der Waals surface area (Å²) in [5.41, 5.74) is 0. The normalized spacial score (nSPS) is 14.8. The third kappa shape index (κ3) is 10.2. The quantitative estimate of drug-likeness (QED) is 0.513. The van der Waals surface area contributed by atoms with Crippen LogP contribution in [0.4, 0.5) is 0 Å². The molecule has 0 aliphatic heterocycles. The monoisotopic (exact) mass is 226 g/mol. The van der Waals surface area contributed by atoms with Gasteiger partial charge in [0.1, 0.15) is 5.78 Å². The molecule has 1 unspecified atom stereocenters. The lowest BCUT2D eigenvalue weighted by Crippen LogP contribution is -2.00. The molecule has 2 atom stereocenters. The molecule has 1 nitrogen and oxygen atoms in total. The van der Waals surface area contributed by atoms with Crippen LogP contribution in [0, 0.1) is 11.8 Å². The van der Waals surface area contributed by atoms with Crippen molar-refractivity contribution in [3.05, 3.63) is 0 Å². The van der Waals surface area contributed by atoms with Gasteiger partial charge >= 0.3 is 0 Å². The van der Waals surface area contributed by atoms with E-state index < -0.39 is 0 Å². The van der Waals surface area contributed by atoms with Crippen LogP contribution in [0.5, 0.6) is 0 Å². The molecule has 0 heterocycles. The van der Waals surface area contributed by atoms with Crippen LogP contribution >= 0.6 is 0 Å². The van der Waals surface area contributed by atoms with Gasteiger partial charge in [-0.3, -0.25) is 0 Å². The molecule has 0 rings (SSSR count). The van der Waals surface area contributed by atoms with Crippen molar-refractivity contribution in [1.29, 1.82) is 0 Å². The molecule has 0 aromatic rings. The fourth-order valence-corrected chi connectivity index (χ4v) is 2.30. The smallest absolute Gasteiger partial charge is 0.129 e. The van der Waals surface area contributed by atoms with E-state index >= 15 is 0 Å². The Kier molecular flexibility index (Phi) is 9.66. The zero-order valence-corrected chi connectivity index (χ0v) is 11.7. The number of hydrogen-bond donors (Lipinski definition) is 0. The molecule has 0 bridgehead atoms.